The lowest BCUT2D eigenvalue weighted by Gasteiger charge is -2.18. The van der Waals surface area contributed by atoms with E-state index in [-0.39, 0.29) is 23.2 Å². The van der Waals surface area contributed by atoms with Gasteiger partial charge in [-0.1, -0.05) is 48.5 Å². The summed E-state index contributed by atoms with van der Waals surface area (Å²) in [6.07, 6.45) is 3.52. The molecule has 0 saturated carbocycles. The Morgan fingerprint density at radius 1 is 0.943 bits per heavy atom. The summed E-state index contributed by atoms with van der Waals surface area (Å²) in [5.41, 5.74) is 4.43. The molecule has 1 aliphatic heterocycles. The molecule has 35 heavy (non-hydrogen) atoms. The molecule has 2 aromatic heterocycles. The summed E-state index contributed by atoms with van der Waals surface area (Å²) in [5, 5.41) is 7.33. The Bertz CT molecular complexity index is 1530. The number of hydrogen-bond acceptors (Lipinski definition) is 4. The summed E-state index contributed by atoms with van der Waals surface area (Å²) >= 11 is 0. The van der Waals surface area contributed by atoms with Crippen LogP contribution in [0.25, 0.3) is 22.0 Å². The zero-order chi connectivity index (χ0) is 23.8. The predicted molar refractivity (Wildman–Crippen MR) is 134 cm³/mol. The van der Waals surface area contributed by atoms with E-state index in [2.05, 4.69) is 32.2 Å². The lowest BCUT2D eigenvalue weighted by atomic mass is 9.88. The van der Waals surface area contributed by atoms with E-state index in [1.54, 1.807) is 24.5 Å². The van der Waals surface area contributed by atoms with E-state index in [0.29, 0.717) is 16.7 Å². The Balaban J connectivity index is 1.38. The number of benzene rings is 3. The van der Waals surface area contributed by atoms with E-state index in [1.807, 2.05) is 42.5 Å². The highest BCUT2D eigenvalue weighted by atomic mass is 19.1. The number of halogens is 1. The maximum Gasteiger partial charge on any atom is 0.258 e. The van der Waals surface area contributed by atoms with Gasteiger partial charge in [-0.15, -0.1) is 0 Å². The molecule has 0 amide bonds. The lowest BCUT2D eigenvalue weighted by Crippen LogP contribution is -2.21. The van der Waals surface area contributed by atoms with E-state index < -0.39 is 0 Å². The molecular formula is C28H24FN5O. The van der Waals surface area contributed by atoms with Crippen molar-refractivity contribution in [2.75, 3.05) is 13.1 Å². The standard InChI is InChI=1S/C28H24FN5O/c29-22-8-4-7-20(11-22)24-16-34(15-18-5-2-1-3-6-18)17-25(24)27-32-26-10-9-19(21-13-30-31-14-21)12-23(26)28(35)33-27/h1-14,24-25H,15-17H2,(H,30,31)(H,32,33,35)/t24-,25+/m0/s1. The Hall–Kier alpha value is -4.10. The van der Waals surface area contributed by atoms with Crippen LogP contribution in [0, 0.1) is 5.82 Å². The third-order valence-corrected chi connectivity index (χ3v) is 6.83. The van der Waals surface area contributed by atoms with Gasteiger partial charge in [0.15, 0.2) is 0 Å². The molecule has 1 aliphatic rings. The normalized spacial score (nSPS) is 18.3. The van der Waals surface area contributed by atoms with Crippen LogP contribution in [0.3, 0.4) is 0 Å². The zero-order valence-corrected chi connectivity index (χ0v) is 19.0. The van der Waals surface area contributed by atoms with E-state index in [1.165, 1.54) is 11.6 Å². The molecule has 1 saturated heterocycles. The molecule has 1 fully saturated rings. The third-order valence-electron chi connectivity index (χ3n) is 6.83. The zero-order valence-electron chi connectivity index (χ0n) is 19.0. The van der Waals surface area contributed by atoms with Crippen LogP contribution in [0.2, 0.25) is 0 Å². The summed E-state index contributed by atoms with van der Waals surface area (Å²) in [5.74, 6) is 0.337. The minimum Gasteiger partial charge on any atom is -0.310 e. The largest absolute Gasteiger partial charge is 0.310 e. The lowest BCUT2D eigenvalue weighted by molar-refractivity contribution is 0.323. The van der Waals surface area contributed by atoms with Crippen LogP contribution in [-0.2, 0) is 6.54 Å². The number of rotatable bonds is 5. The third kappa shape index (κ3) is 4.26. The number of nitrogens with zero attached hydrogens (tertiary/aromatic N) is 3. The van der Waals surface area contributed by atoms with Gasteiger partial charge in [0.25, 0.3) is 5.56 Å². The van der Waals surface area contributed by atoms with Crippen LogP contribution in [0.1, 0.15) is 28.8 Å². The molecule has 0 aliphatic carbocycles. The van der Waals surface area contributed by atoms with Gasteiger partial charge in [-0.2, -0.15) is 5.10 Å². The average molecular weight is 466 g/mol. The maximum absolute atomic E-state index is 14.1. The molecule has 2 N–H and O–H groups in total. The molecule has 3 aromatic carbocycles. The van der Waals surface area contributed by atoms with Crippen molar-refractivity contribution >= 4 is 10.9 Å². The molecule has 6 rings (SSSR count). The number of nitrogens with one attached hydrogen (secondary N) is 2. The molecule has 7 heteroatoms. The fourth-order valence-corrected chi connectivity index (χ4v) is 5.13. The van der Waals surface area contributed by atoms with Gasteiger partial charge in [0, 0.05) is 43.2 Å². The van der Waals surface area contributed by atoms with E-state index in [4.69, 9.17) is 4.98 Å². The van der Waals surface area contributed by atoms with Crippen molar-refractivity contribution in [1.82, 2.24) is 25.1 Å². The molecule has 0 bridgehead atoms. The molecular weight excluding hydrogens is 441 g/mol. The van der Waals surface area contributed by atoms with Gasteiger partial charge in [-0.25, -0.2) is 9.37 Å². The highest BCUT2D eigenvalue weighted by molar-refractivity contribution is 5.83. The summed E-state index contributed by atoms with van der Waals surface area (Å²) in [4.78, 5) is 23.4. The number of aromatic amines is 2. The van der Waals surface area contributed by atoms with Crippen molar-refractivity contribution in [3.05, 3.63) is 118 Å². The van der Waals surface area contributed by atoms with Crippen molar-refractivity contribution in [2.24, 2.45) is 0 Å². The van der Waals surface area contributed by atoms with Crippen molar-refractivity contribution in [3.63, 3.8) is 0 Å². The first-order valence-electron chi connectivity index (χ1n) is 11.7. The first-order chi connectivity index (χ1) is 17.1. The Morgan fingerprint density at radius 2 is 1.80 bits per heavy atom. The van der Waals surface area contributed by atoms with Crippen LogP contribution in [0.4, 0.5) is 4.39 Å². The van der Waals surface area contributed by atoms with Crippen LogP contribution in [0.5, 0.6) is 0 Å². The van der Waals surface area contributed by atoms with Crippen molar-refractivity contribution in [3.8, 4) is 11.1 Å². The second kappa shape index (κ2) is 8.92. The van der Waals surface area contributed by atoms with Crippen molar-refractivity contribution in [1.29, 1.82) is 0 Å². The predicted octanol–water partition coefficient (Wildman–Crippen LogP) is 4.84. The monoisotopic (exact) mass is 465 g/mol. The Kier molecular flexibility index (Phi) is 5.47. The van der Waals surface area contributed by atoms with Crippen LogP contribution in [0.15, 0.2) is 90.0 Å². The first kappa shape index (κ1) is 21.4. The minimum atomic E-state index is -0.255. The molecule has 3 heterocycles. The van der Waals surface area contributed by atoms with Gasteiger partial charge in [-0.05, 0) is 41.0 Å². The number of fused-ring (bicyclic) bond motifs is 1. The fourth-order valence-electron chi connectivity index (χ4n) is 5.13. The van der Waals surface area contributed by atoms with Gasteiger partial charge in [0.2, 0.25) is 0 Å². The van der Waals surface area contributed by atoms with Crippen molar-refractivity contribution < 1.29 is 4.39 Å². The SMILES string of the molecule is O=c1[nH]c([C@@H]2CN(Cc3ccccc3)C[C@H]2c2cccc(F)c2)nc2ccc(-c3cn[nH]c3)cc12. The van der Waals surface area contributed by atoms with E-state index in [9.17, 15) is 9.18 Å². The molecule has 0 spiro atoms. The second-order valence-electron chi connectivity index (χ2n) is 9.12. The van der Waals surface area contributed by atoms with Gasteiger partial charge in [-0.3, -0.25) is 14.8 Å². The number of H-pyrrole nitrogens is 2. The number of likely N-dealkylation sites (tertiary alicyclic amines) is 1. The summed E-state index contributed by atoms with van der Waals surface area (Å²) in [6.45, 7) is 2.26. The average Bonchev–Trinajstić information content (AvgIpc) is 3.55. The van der Waals surface area contributed by atoms with Gasteiger partial charge < -0.3 is 4.98 Å². The first-order valence-corrected chi connectivity index (χ1v) is 11.7. The van der Waals surface area contributed by atoms with Crippen LogP contribution < -0.4 is 5.56 Å². The highest BCUT2D eigenvalue weighted by Crippen LogP contribution is 2.39. The smallest absolute Gasteiger partial charge is 0.258 e. The van der Waals surface area contributed by atoms with E-state index >= 15 is 0 Å². The molecule has 0 radical (unpaired) electrons. The highest BCUT2D eigenvalue weighted by Gasteiger charge is 2.36. The van der Waals surface area contributed by atoms with Gasteiger partial charge in [0.1, 0.15) is 11.6 Å². The molecule has 2 atom stereocenters. The van der Waals surface area contributed by atoms with E-state index in [0.717, 1.165) is 36.3 Å². The topological polar surface area (TPSA) is 77.7 Å². The maximum atomic E-state index is 14.1. The summed E-state index contributed by atoms with van der Waals surface area (Å²) in [6, 6.07) is 22.7. The van der Waals surface area contributed by atoms with Crippen LogP contribution >= 0.6 is 0 Å². The minimum absolute atomic E-state index is 0.0141. The Morgan fingerprint density at radius 3 is 2.60 bits per heavy atom. The van der Waals surface area contributed by atoms with Crippen LogP contribution in [-0.4, -0.2) is 38.2 Å². The molecule has 174 valence electrons. The second-order valence-corrected chi connectivity index (χ2v) is 9.12. The number of aromatic nitrogens is 4. The fraction of sp³-hybridized carbons (Fsp3) is 0.179. The molecule has 0 unspecified atom stereocenters. The number of hydrogen-bond donors (Lipinski definition) is 2. The van der Waals surface area contributed by atoms with Crippen molar-refractivity contribution in [2.45, 2.75) is 18.4 Å². The molecule has 5 aromatic rings. The summed E-state index contributed by atoms with van der Waals surface area (Å²) < 4.78 is 14.1. The van der Waals surface area contributed by atoms with Gasteiger partial charge >= 0.3 is 0 Å². The summed E-state index contributed by atoms with van der Waals surface area (Å²) in [7, 11) is 0. The Labute approximate surface area is 201 Å². The quantitative estimate of drug-likeness (QED) is 0.390. The molecule has 6 nitrogen and oxygen atoms in total. The van der Waals surface area contributed by atoms with Gasteiger partial charge in [0.05, 0.1) is 17.1 Å².